The second kappa shape index (κ2) is 6.89. The lowest BCUT2D eigenvalue weighted by Gasteiger charge is -2.11. The van der Waals surface area contributed by atoms with Crippen molar-refractivity contribution in [1.29, 1.82) is 5.41 Å². The Morgan fingerprint density at radius 3 is 2.47 bits per heavy atom. The fraction of sp³-hybridized carbons (Fsp3) is 0.308. The number of amides is 1. The summed E-state index contributed by atoms with van der Waals surface area (Å²) < 4.78 is 0. The van der Waals surface area contributed by atoms with E-state index in [0.29, 0.717) is 17.1 Å². The molecule has 19 heavy (non-hydrogen) atoms. The first-order chi connectivity index (χ1) is 8.90. The molecule has 3 N–H and O–H groups in total. The smallest absolute Gasteiger partial charge is 0.349 e. The fourth-order valence-corrected chi connectivity index (χ4v) is 1.60. The molecule has 102 valence electrons. The highest BCUT2D eigenvalue weighted by atomic mass is 35.5. The first-order valence-electron chi connectivity index (χ1n) is 5.74. The molecule has 5 nitrogen and oxygen atoms in total. The highest BCUT2D eigenvalue weighted by Crippen LogP contribution is 2.09. The number of carboxylic acids is 1. The van der Waals surface area contributed by atoms with E-state index in [4.69, 9.17) is 22.1 Å². The van der Waals surface area contributed by atoms with Crippen molar-refractivity contribution in [3.8, 4) is 0 Å². The molecule has 0 aromatic heterocycles. The number of carbonyl (C=O) groups excluding carboxylic acids is 1. The third-order valence-electron chi connectivity index (χ3n) is 2.53. The van der Waals surface area contributed by atoms with Crippen LogP contribution in [-0.4, -0.2) is 29.2 Å². The van der Waals surface area contributed by atoms with Crippen LogP contribution in [0.3, 0.4) is 0 Å². The van der Waals surface area contributed by atoms with Crippen molar-refractivity contribution < 1.29 is 14.7 Å². The van der Waals surface area contributed by atoms with Crippen LogP contribution in [0.15, 0.2) is 24.3 Å². The highest BCUT2D eigenvalue weighted by Gasteiger charge is 2.13. The molecule has 0 fully saturated rings. The van der Waals surface area contributed by atoms with E-state index >= 15 is 0 Å². The molecule has 0 saturated heterocycles. The molecular weight excluding hydrogens is 268 g/mol. The van der Waals surface area contributed by atoms with Crippen molar-refractivity contribution in [2.45, 2.75) is 13.3 Å². The Morgan fingerprint density at radius 2 is 1.95 bits per heavy atom. The van der Waals surface area contributed by atoms with E-state index in [-0.39, 0.29) is 24.0 Å². The topological polar surface area (TPSA) is 90.3 Å². The molecule has 6 heteroatoms. The van der Waals surface area contributed by atoms with Crippen LogP contribution >= 0.6 is 11.6 Å². The Balaban J connectivity index is 2.44. The van der Waals surface area contributed by atoms with Crippen molar-refractivity contribution in [2.24, 2.45) is 5.92 Å². The summed E-state index contributed by atoms with van der Waals surface area (Å²) in [5.74, 6) is -1.58. The number of carboxylic acid groups (broad SMARTS) is 1. The molecule has 1 aromatic carbocycles. The second-order valence-corrected chi connectivity index (χ2v) is 4.75. The van der Waals surface area contributed by atoms with E-state index in [0.717, 1.165) is 0 Å². The fourth-order valence-electron chi connectivity index (χ4n) is 1.48. The zero-order chi connectivity index (χ0) is 14.4. The third-order valence-corrected chi connectivity index (χ3v) is 2.78. The van der Waals surface area contributed by atoms with Gasteiger partial charge >= 0.3 is 5.97 Å². The molecule has 1 rings (SSSR count). The number of halogens is 1. The van der Waals surface area contributed by atoms with E-state index in [1.165, 1.54) is 0 Å². The maximum atomic E-state index is 11.8. The number of benzene rings is 1. The molecule has 1 atom stereocenters. The van der Waals surface area contributed by atoms with Gasteiger partial charge in [0.25, 0.3) is 5.91 Å². The zero-order valence-electron chi connectivity index (χ0n) is 10.4. The van der Waals surface area contributed by atoms with Gasteiger partial charge in [-0.2, -0.15) is 0 Å². The Morgan fingerprint density at radius 1 is 1.37 bits per heavy atom. The summed E-state index contributed by atoms with van der Waals surface area (Å²) in [4.78, 5) is 22.3. The lowest BCUT2D eigenvalue weighted by atomic mass is 10.0. The Bertz CT molecular complexity index is 485. The van der Waals surface area contributed by atoms with Crippen LogP contribution in [0.25, 0.3) is 0 Å². The quantitative estimate of drug-likeness (QED) is 0.699. The number of nitrogens with one attached hydrogen (secondary N) is 2. The summed E-state index contributed by atoms with van der Waals surface area (Å²) >= 11 is 5.72. The Labute approximate surface area is 116 Å². The summed E-state index contributed by atoms with van der Waals surface area (Å²) in [5.41, 5.74) is 0.137. The summed E-state index contributed by atoms with van der Waals surface area (Å²) in [6, 6.07) is 6.48. The van der Waals surface area contributed by atoms with Gasteiger partial charge < -0.3 is 10.4 Å². The van der Waals surface area contributed by atoms with Gasteiger partial charge in [-0.1, -0.05) is 18.5 Å². The van der Waals surface area contributed by atoms with Crippen molar-refractivity contribution in [1.82, 2.24) is 5.32 Å². The average molecular weight is 283 g/mol. The molecular formula is C13H15ClN2O3. The van der Waals surface area contributed by atoms with Crippen LogP contribution in [-0.2, 0) is 4.79 Å². The van der Waals surface area contributed by atoms with Crippen LogP contribution in [0.5, 0.6) is 0 Å². The molecule has 0 aliphatic carbocycles. The molecule has 1 aromatic rings. The molecule has 0 aliphatic rings. The van der Waals surface area contributed by atoms with Gasteiger partial charge in [-0.25, -0.2) is 4.79 Å². The van der Waals surface area contributed by atoms with E-state index in [2.05, 4.69) is 5.32 Å². The van der Waals surface area contributed by atoms with E-state index < -0.39 is 5.97 Å². The molecule has 0 bridgehead atoms. The number of hydrogen-bond donors (Lipinski definition) is 3. The van der Waals surface area contributed by atoms with Crippen molar-refractivity contribution >= 4 is 29.2 Å². The van der Waals surface area contributed by atoms with Crippen molar-refractivity contribution in [2.75, 3.05) is 6.54 Å². The monoisotopic (exact) mass is 282 g/mol. The molecule has 1 amide bonds. The van der Waals surface area contributed by atoms with Gasteiger partial charge in [-0.05, 0) is 30.2 Å². The minimum atomic E-state index is -1.23. The maximum Gasteiger partial charge on any atom is 0.349 e. The highest BCUT2D eigenvalue weighted by molar-refractivity contribution is 6.34. The average Bonchev–Trinajstić information content (AvgIpc) is 2.36. The van der Waals surface area contributed by atoms with Gasteiger partial charge in [0.15, 0.2) is 0 Å². The van der Waals surface area contributed by atoms with E-state index in [9.17, 15) is 9.59 Å². The molecule has 0 aliphatic heterocycles. The third kappa shape index (κ3) is 5.09. The number of hydrogen-bond acceptors (Lipinski definition) is 3. The zero-order valence-corrected chi connectivity index (χ0v) is 11.2. The maximum absolute atomic E-state index is 11.8. The minimum Gasteiger partial charge on any atom is -0.477 e. The minimum absolute atomic E-state index is 0.111. The van der Waals surface area contributed by atoms with E-state index in [1.54, 1.807) is 31.2 Å². The summed E-state index contributed by atoms with van der Waals surface area (Å²) in [5, 5.41) is 19.1. The number of carbonyl (C=O) groups is 2. The lowest BCUT2D eigenvalue weighted by molar-refractivity contribution is -0.129. The van der Waals surface area contributed by atoms with Crippen LogP contribution in [0, 0.1) is 11.3 Å². The van der Waals surface area contributed by atoms with Gasteiger partial charge in [0.1, 0.15) is 5.71 Å². The largest absolute Gasteiger partial charge is 0.477 e. The van der Waals surface area contributed by atoms with Crippen LogP contribution < -0.4 is 5.32 Å². The Hall–Kier alpha value is -1.88. The van der Waals surface area contributed by atoms with E-state index in [1.807, 2.05) is 0 Å². The predicted octanol–water partition coefficient (Wildman–Crippen LogP) is 2.20. The first kappa shape index (κ1) is 15.2. The first-order valence-corrected chi connectivity index (χ1v) is 6.12. The molecule has 0 radical (unpaired) electrons. The Kier molecular flexibility index (Phi) is 5.51. The molecule has 0 spiro atoms. The SMILES string of the molecule is C[C@@H](CNC(=O)c1ccc(Cl)cc1)CC(=N)C(=O)O. The van der Waals surface area contributed by atoms with Crippen LogP contribution in [0.4, 0.5) is 0 Å². The molecule has 0 heterocycles. The molecule has 0 unspecified atom stereocenters. The standard InChI is InChI=1S/C13H15ClN2O3/c1-8(6-11(15)13(18)19)7-16-12(17)9-2-4-10(14)5-3-9/h2-5,8,15H,6-7H2,1H3,(H,16,17)(H,18,19)/t8-/m1/s1. The molecule has 0 saturated carbocycles. The lowest BCUT2D eigenvalue weighted by Crippen LogP contribution is -2.30. The number of rotatable bonds is 6. The normalized spacial score (nSPS) is 11.7. The van der Waals surface area contributed by atoms with Crippen molar-refractivity contribution in [3.63, 3.8) is 0 Å². The summed E-state index contributed by atoms with van der Waals surface area (Å²) in [6.07, 6.45) is 0.121. The van der Waals surface area contributed by atoms with Gasteiger partial charge in [0, 0.05) is 23.6 Å². The van der Waals surface area contributed by atoms with Gasteiger partial charge in [0.2, 0.25) is 0 Å². The van der Waals surface area contributed by atoms with Gasteiger partial charge in [-0.3, -0.25) is 10.2 Å². The van der Waals surface area contributed by atoms with Gasteiger partial charge in [-0.15, -0.1) is 0 Å². The second-order valence-electron chi connectivity index (χ2n) is 4.31. The van der Waals surface area contributed by atoms with Crippen LogP contribution in [0.1, 0.15) is 23.7 Å². The summed E-state index contributed by atoms with van der Waals surface area (Å²) in [7, 11) is 0. The summed E-state index contributed by atoms with van der Waals surface area (Å²) in [6.45, 7) is 2.09. The van der Waals surface area contributed by atoms with Gasteiger partial charge in [0.05, 0.1) is 0 Å². The van der Waals surface area contributed by atoms with Crippen LogP contribution in [0.2, 0.25) is 5.02 Å². The van der Waals surface area contributed by atoms with Crippen molar-refractivity contribution in [3.05, 3.63) is 34.9 Å². The predicted molar refractivity (Wildman–Crippen MR) is 72.9 cm³/mol. The number of aliphatic carboxylic acids is 1.